The maximum Gasteiger partial charge on any atom is 0.363 e. The molecule has 1 aromatic carbocycles. The zero-order valence-electron chi connectivity index (χ0n) is 16.9. The third kappa shape index (κ3) is 5.56. The van der Waals surface area contributed by atoms with E-state index in [2.05, 4.69) is 15.0 Å². The molecule has 1 heterocycles. The van der Waals surface area contributed by atoms with Gasteiger partial charge in [-0.3, -0.25) is 4.79 Å². The summed E-state index contributed by atoms with van der Waals surface area (Å²) in [4.78, 5) is 27.6. The van der Waals surface area contributed by atoms with Crippen molar-refractivity contribution in [3.63, 3.8) is 0 Å². The quantitative estimate of drug-likeness (QED) is 0.206. The number of nitrogens with zero attached hydrogens (tertiary/aromatic N) is 1. The molecule has 0 saturated heterocycles. The Morgan fingerprint density at radius 3 is 2.10 bits per heavy atom. The van der Waals surface area contributed by atoms with Crippen LogP contribution in [0.25, 0.3) is 0 Å². The Bertz CT molecular complexity index is 953. The number of carbonyl (C=O) groups excluding carboxylic acids is 2. The van der Waals surface area contributed by atoms with Gasteiger partial charge >= 0.3 is 11.9 Å². The molecule has 170 valence electrons. The SMILES string of the molecule is CN[C@H](C[C@@H](OC(C)=O)c1nc(C(=O)Oc2c(F)c(F)c(F)c(F)c2F)cs1)C(C)C. The molecule has 0 aliphatic carbocycles. The summed E-state index contributed by atoms with van der Waals surface area (Å²) in [7, 11) is 1.73. The van der Waals surface area contributed by atoms with Gasteiger partial charge in [0.2, 0.25) is 34.8 Å². The Kier molecular flexibility index (Phi) is 8.07. The molecule has 0 radical (unpaired) electrons. The molecule has 6 nitrogen and oxygen atoms in total. The van der Waals surface area contributed by atoms with Crippen LogP contribution in [0.5, 0.6) is 5.75 Å². The second kappa shape index (κ2) is 10.1. The Labute approximate surface area is 178 Å². The van der Waals surface area contributed by atoms with E-state index >= 15 is 0 Å². The lowest BCUT2D eigenvalue weighted by molar-refractivity contribution is -0.147. The van der Waals surface area contributed by atoms with E-state index in [1.807, 2.05) is 13.8 Å². The topological polar surface area (TPSA) is 77.5 Å². The second-order valence-corrected chi connectivity index (χ2v) is 7.72. The molecule has 0 bridgehead atoms. The first-order valence-corrected chi connectivity index (χ1v) is 9.89. The Hall–Kier alpha value is -2.60. The number of rotatable bonds is 8. The molecule has 0 spiro atoms. The lowest BCUT2D eigenvalue weighted by atomic mass is 9.98. The van der Waals surface area contributed by atoms with Gasteiger partial charge in [-0.15, -0.1) is 11.3 Å². The van der Waals surface area contributed by atoms with E-state index in [1.54, 1.807) is 7.05 Å². The minimum atomic E-state index is -2.38. The summed E-state index contributed by atoms with van der Waals surface area (Å²) >= 11 is 0.907. The number of hydrogen-bond donors (Lipinski definition) is 1. The van der Waals surface area contributed by atoms with Gasteiger partial charge in [0.05, 0.1) is 0 Å². The number of thiazole rings is 1. The van der Waals surface area contributed by atoms with Crippen LogP contribution in [0.4, 0.5) is 22.0 Å². The Balaban J connectivity index is 2.29. The van der Waals surface area contributed by atoms with E-state index in [4.69, 9.17) is 4.74 Å². The third-order valence-electron chi connectivity index (χ3n) is 4.32. The summed E-state index contributed by atoms with van der Waals surface area (Å²) in [6, 6.07) is -0.0722. The van der Waals surface area contributed by atoms with Crippen molar-refractivity contribution in [2.45, 2.75) is 39.3 Å². The number of carbonyl (C=O) groups is 2. The van der Waals surface area contributed by atoms with E-state index in [9.17, 15) is 31.5 Å². The van der Waals surface area contributed by atoms with E-state index in [0.717, 1.165) is 16.7 Å². The van der Waals surface area contributed by atoms with Gasteiger partial charge < -0.3 is 14.8 Å². The fraction of sp³-hybridized carbons (Fsp3) is 0.421. The van der Waals surface area contributed by atoms with Crippen molar-refractivity contribution in [1.82, 2.24) is 10.3 Å². The highest BCUT2D eigenvalue weighted by atomic mass is 32.1. The lowest BCUT2D eigenvalue weighted by Crippen LogP contribution is -2.33. The van der Waals surface area contributed by atoms with Gasteiger partial charge in [0.25, 0.3) is 0 Å². The summed E-state index contributed by atoms with van der Waals surface area (Å²) in [5.41, 5.74) is -0.452. The highest BCUT2D eigenvalue weighted by molar-refractivity contribution is 7.09. The molecule has 31 heavy (non-hydrogen) atoms. The summed E-state index contributed by atoms with van der Waals surface area (Å²) in [6.07, 6.45) is -0.522. The first-order valence-electron chi connectivity index (χ1n) is 9.01. The van der Waals surface area contributed by atoms with Crippen molar-refractivity contribution >= 4 is 23.3 Å². The maximum absolute atomic E-state index is 13.7. The molecule has 1 aromatic heterocycles. The number of aromatic nitrogens is 1. The van der Waals surface area contributed by atoms with Crippen molar-refractivity contribution in [3.8, 4) is 5.75 Å². The smallest absolute Gasteiger partial charge is 0.363 e. The first-order chi connectivity index (χ1) is 14.5. The second-order valence-electron chi connectivity index (χ2n) is 6.83. The number of nitrogens with one attached hydrogen (secondary N) is 1. The molecule has 0 fully saturated rings. The van der Waals surface area contributed by atoms with Gasteiger partial charge in [0.15, 0.2) is 11.8 Å². The summed E-state index contributed by atoms with van der Waals surface area (Å²) in [5, 5.41) is 4.43. The summed E-state index contributed by atoms with van der Waals surface area (Å²) in [5.74, 6) is -15.0. The molecule has 2 aromatic rings. The predicted octanol–water partition coefficient (Wildman–Crippen LogP) is 4.30. The predicted molar refractivity (Wildman–Crippen MR) is 100 cm³/mol. The Morgan fingerprint density at radius 2 is 1.61 bits per heavy atom. The summed E-state index contributed by atoms with van der Waals surface area (Å²) in [6.45, 7) is 5.09. The van der Waals surface area contributed by atoms with Crippen LogP contribution in [0.15, 0.2) is 5.38 Å². The highest BCUT2D eigenvalue weighted by Crippen LogP contribution is 2.31. The van der Waals surface area contributed by atoms with Crippen LogP contribution < -0.4 is 10.1 Å². The molecule has 2 rings (SSSR count). The molecular formula is C19H19F5N2O4S. The molecule has 0 aliphatic heterocycles. The highest BCUT2D eigenvalue weighted by Gasteiger charge is 2.30. The zero-order valence-corrected chi connectivity index (χ0v) is 17.7. The monoisotopic (exact) mass is 466 g/mol. The molecule has 2 atom stereocenters. The van der Waals surface area contributed by atoms with E-state index in [-0.39, 0.29) is 17.0 Å². The number of esters is 2. The van der Waals surface area contributed by atoms with Gasteiger partial charge in [-0.25, -0.2) is 22.9 Å². The average molecular weight is 466 g/mol. The average Bonchev–Trinajstić information content (AvgIpc) is 3.21. The molecule has 0 saturated carbocycles. The standard InChI is InChI=1S/C19H19F5N2O4S/c1-7(2)9(25-4)5-11(29-8(3)27)18-26-10(6-31-18)19(28)30-17-15(23)13(21)12(20)14(22)16(17)24/h6-7,9,11,25H,5H2,1-4H3/t9-,11-/m1/s1. The number of ether oxygens (including phenoxy) is 2. The normalized spacial score (nSPS) is 13.2. The number of halogens is 5. The molecule has 1 N–H and O–H groups in total. The van der Waals surface area contributed by atoms with Gasteiger partial charge in [-0.1, -0.05) is 13.8 Å². The molecular weight excluding hydrogens is 447 g/mol. The van der Waals surface area contributed by atoms with E-state index < -0.39 is 58.6 Å². The molecule has 0 aliphatic rings. The van der Waals surface area contributed by atoms with Crippen molar-refractivity contribution < 1.29 is 41.0 Å². The van der Waals surface area contributed by atoms with E-state index in [0.29, 0.717) is 6.42 Å². The van der Waals surface area contributed by atoms with Crippen LogP contribution >= 0.6 is 11.3 Å². The van der Waals surface area contributed by atoms with Crippen LogP contribution in [-0.4, -0.2) is 30.0 Å². The third-order valence-corrected chi connectivity index (χ3v) is 5.26. The first kappa shape index (κ1) is 24.7. The van der Waals surface area contributed by atoms with Gasteiger partial charge in [0.1, 0.15) is 5.01 Å². The van der Waals surface area contributed by atoms with Crippen LogP contribution in [0.2, 0.25) is 0 Å². The van der Waals surface area contributed by atoms with Gasteiger partial charge in [0, 0.05) is 24.8 Å². The fourth-order valence-corrected chi connectivity index (χ4v) is 3.53. The van der Waals surface area contributed by atoms with Crippen molar-refractivity contribution in [3.05, 3.63) is 45.2 Å². The molecule has 0 amide bonds. The van der Waals surface area contributed by atoms with E-state index in [1.165, 1.54) is 6.92 Å². The van der Waals surface area contributed by atoms with Gasteiger partial charge in [-0.05, 0) is 13.0 Å². The summed E-state index contributed by atoms with van der Waals surface area (Å²) < 4.78 is 76.8. The van der Waals surface area contributed by atoms with Crippen LogP contribution in [0.3, 0.4) is 0 Å². The van der Waals surface area contributed by atoms with Crippen LogP contribution in [0, 0.1) is 35.0 Å². The van der Waals surface area contributed by atoms with Crippen LogP contribution in [0.1, 0.15) is 48.8 Å². The van der Waals surface area contributed by atoms with Crippen molar-refractivity contribution in [1.29, 1.82) is 0 Å². The number of hydrogen-bond acceptors (Lipinski definition) is 7. The van der Waals surface area contributed by atoms with Crippen LogP contribution in [-0.2, 0) is 9.53 Å². The minimum Gasteiger partial charge on any atom is -0.455 e. The molecule has 12 heteroatoms. The minimum absolute atomic E-state index is 0.0722. The lowest BCUT2D eigenvalue weighted by Gasteiger charge is -2.24. The maximum atomic E-state index is 13.7. The van der Waals surface area contributed by atoms with Crippen molar-refractivity contribution in [2.75, 3.05) is 7.05 Å². The van der Waals surface area contributed by atoms with Crippen molar-refractivity contribution in [2.24, 2.45) is 5.92 Å². The fourth-order valence-electron chi connectivity index (χ4n) is 2.70. The largest absolute Gasteiger partial charge is 0.455 e. The Morgan fingerprint density at radius 1 is 1.06 bits per heavy atom. The zero-order chi connectivity index (χ0) is 23.5. The number of benzene rings is 1. The van der Waals surface area contributed by atoms with Gasteiger partial charge in [-0.2, -0.15) is 8.78 Å². The molecule has 0 unspecified atom stereocenters.